The van der Waals surface area contributed by atoms with E-state index in [1.165, 1.54) is 0 Å². The number of aryl methyl sites for hydroxylation is 1. The summed E-state index contributed by atoms with van der Waals surface area (Å²) in [6, 6.07) is 11.2. The van der Waals surface area contributed by atoms with Gasteiger partial charge in [0.2, 0.25) is 12.7 Å². The van der Waals surface area contributed by atoms with Crippen LogP contribution >= 0.6 is 0 Å². The lowest BCUT2D eigenvalue weighted by Gasteiger charge is -2.12. The van der Waals surface area contributed by atoms with Crippen molar-refractivity contribution >= 4 is 11.6 Å². The van der Waals surface area contributed by atoms with Crippen molar-refractivity contribution in [1.82, 2.24) is 19.9 Å². The molecule has 0 saturated carbocycles. The topological polar surface area (TPSA) is 77.8 Å². The van der Waals surface area contributed by atoms with Crippen LogP contribution in [0.25, 0.3) is 5.65 Å². The molecule has 7 heteroatoms. The lowest BCUT2D eigenvalue weighted by molar-refractivity contribution is -0.121. The molecule has 0 bridgehead atoms. The Morgan fingerprint density at radius 3 is 3.04 bits per heavy atom. The lowest BCUT2D eigenvalue weighted by Crippen LogP contribution is -2.28. The Morgan fingerprint density at radius 1 is 1.24 bits per heavy atom. The van der Waals surface area contributed by atoms with Crippen LogP contribution in [0, 0.1) is 0 Å². The molecule has 0 fully saturated rings. The summed E-state index contributed by atoms with van der Waals surface area (Å²) in [6.45, 7) is 2.16. The third-order valence-corrected chi connectivity index (χ3v) is 4.18. The number of carbonyl (C=O) groups excluding carboxylic acids is 1. The second-order valence-electron chi connectivity index (χ2n) is 5.96. The van der Waals surface area contributed by atoms with Crippen molar-refractivity contribution in [3.05, 3.63) is 54.0 Å². The minimum atomic E-state index is -0.221. The number of benzene rings is 1. The van der Waals surface area contributed by atoms with Crippen LogP contribution in [0.3, 0.4) is 0 Å². The molecule has 1 aliphatic heterocycles. The Morgan fingerprint density at radius 2 is 2.12 bits per heavy atom. The summed E-state index contributed by atoms with van der Waals surface area (Å²) < 4.78 is 12.5. The van der Waals surface area contributed by atoms with Crippen LogP contribution in [0.2, 0.25) is 0 Å². The van der Waals surface area contributed by atoms with E-state index in [1.807, 2.05) is 53.9 Å². The maximum atomic E-state index is 12.3. The highest BCUT2D eigenvalue weighted by molar-refractivity contribution is 5.76. The van der Waals surface area contributed by atoms with Crippen LogP contribution in [0.15, 0.2) is 42.6 Å². The molecule has 1 amide bonds. The predicted octanol–water partition coefficient (Wildman–Crippen LogP) is 2.27. The van der Waals surface area contributed by atoms with Crippen LogP contribution < -0.4 is 14.8 Å². The zero-order chi connectivity index (χ0) is 17.2. The number of nitrogens with zero attached hydrogens (tertiary/aromatic N) is 3. The van der Waals surface area contributed by atoms with Crippen molar-refractivity contribution in [3.63, 3.8) is 0 Å². The molecule has 2 aromatic heterocycles. The van der Waals surface area contributed by atoms with Crippen molar-refractivity contribution in [1.29, 1.82) is 0 Å². The Bertz CT molecular complexity index is 922. The van der Waals surface area contributed by atoms with Crippen LogP contribution in [-0.2, 0) is 11.2 Å². The van der Waals surface area contributed by atoms with Crippen molar-refractivity contribution in [2.45, 2.75) is 25.8 Å². The number of pyridine rings is 1. The summed E-state index contributed by atoms with van der Waals surface area (Å²) in [7, 11) is 0. The maximum Gasteiger partial charge on any atom is 0.231 e. The number of amides is 1. The Kier molecular flexibility index (Phi) is 3.97. The monoisotopic (exact) mass is 338 g/mol. The largest absolute Gasteiger partial charge is 0.454 e. The highest BCUT2D eigenvalue weighted by Crippen LogP contribution is 2.32. The van der Waals surface area contributed by atoms with Gasteiger partial charge in [-0.15, -0.1) is 10.2 Å². The average molecular weight is 338 g/mol. The van der Waals surface area contributed by atoms with Gasteiger partial charge in [-0.2, -0.15) is 0 Å². The number of fused-ring (bicyclic) bond motifs is 2. The average Bonchev–Trinajstić information content (AvgIpc) is 3.26. The molecule has 3 aromatic rings. The smallest absolute Gasteiger partial charge is 0.231 e. The highest BCUT2D eigenvalue weighted by Gasteiger charge is 2.17. The number of carbonyl (C=O) groups is 1. The van der Waals surface area contributed by atoms with E-state index < -0.39 is 0 Å². The van der Waals surface area contributed by atoms with E-state index in [0.29, 0.717) is 18.7 Å². The van der Waals surface area contributed by atoms with Gasteiger partial charge >= 0.3 is 0 Å². The number of rotatable bonds is 5. The van der Waals surface area contributed by atoms with E-state index in [4.69, 9.17) is 9.47 Å². The third kappa shape index (κ3) is 3.13. The summed E-state index contributed by atoms with van der Waals surface area (Å²) >= 11 is 0. The van der Waals surface area contributed by atoms with Gasteiger partial charge in [0.15, 0.2) is 23.0 Å². The first-order chi connectivity index (χ1) is 12.2. The predicted molar refractivity (Wildman–Crippen MR) is 90.4 cm³/mol. The van der Waals surface area contributed by atoms with E-state index in [0.717, 1.165) is 22.7 Å². The first kappa shape index (κ1) is 15.4. The Labute approximate surface area is 144 Å². The van der Waals surface area contributed by atoms with E-state index in [1.54, 1.807) is 0 Å². The summed E-state index contributed by atoms with van der Waals surface area (Å²) in [5.41, 5.74) is 1.80. The second-order valence-corrected chi connectivity index (χ2v) is 5.96. The molecule has 1 N–H and O–H groups in total. The van der Waals surface area contributed by atoms with Gasteiger partial charge in [-0.25, -0.2) is 0 Å². The summed E-state index contributed by atoms with van der Waals surface area (Å²) in [6.07, 6.45) is 2.91. The van der Waals surface area contributed by atoms with Gasteiger partial charge in [0.05, 0.1) is 6.04 Å². The van der Waals surface area contributed by atoms with E-state index in [-0.39, 0.29) is 18.7 Å². The molecule has 0 radical (unpaired) electrons. The van der Waals surface area contributed by atoms with Crippen molar-refractivity contribution < 1.29 is 14.3 Å². The van der Waals surface area contributed by atoms with Gasteiger partial charge in [-0.3, -0.25) is 9.20 Å². The van der Waals surface area contributed by atoms with E-state index in [2.05, 4.69) is 15.5 Å². The molecule has 0 aliphatic carbocycles. The maximum absolute atomic E-state index is 12.3. The highest BCUT2D eigenvalue weighted by atomic mass is 16.7. The summed E-state index contributed by atoms with van der Waals surface area (Å²) in [5.74, 6) is 2.17. The number of nitrogens with one attached hydrogen (secondary N) is 1. The molecule has 0 saturated heterocycles. The van der Waals surface area contributed by atoms with Gasteiger partial charge in [0, 0.05) is 12.6 Å². The second kappa shape index (κ2) is 6.43. The normalized spacial score (nSPS) is 13.8. The molecule has 25 heavy (non-hydrogen) atoms. The number of ether oxygens (including phenoxy) is 2. The fraction of sp³-hybridized carbons (Fsp3) is 0.278. The molecule has 1 aromatic carbocycles. The van der Waals surface area contributed by atoms with Gasteiger partial charge in [0.25, 0.3) is 0 Å². The zero-order valence-corrected chi connectivity index (χ0v) is 13.8. The Hall–Kier alpha value is -3.09. The van der Waals surface area contributed by atoms with Gasteiger partial charge in [-0.1, -0.05) is 12.1 Å². The van der Waals surface area contributed by atoms with E-state index >= 15 is 0 Å². The van der Waals surface area contributed by atoms with Crippen molar-refractivity contribution in [2.24, 2.45) is 0 Å². The van der Waals surface area contributed by atoms with Crippen LogP contribution in [-0.4, -0.2) is 27.3 Å². The Balaban J connectivity index is 1.37. The number of hydrogen-bond donors (Lipinski definition) is 1. The minimum absolute atomic E-state index is 0.0298. The molecular formula is C18H18N4O3. The van der Waals surface area contributed by atoms with Crippen LogP contribution in [0.4, 0.5) is 0 Å². The third-order valence-electron chi connectivity index (χ3n) is 4.18. The molecule has 1 atom stereocenters. The molecule has 3 heterocycles. The SMILES string of the molecule is C[C@@H](NC(=O)CCc1ccc2c(c1)OCO2)c1nnc2ccccn12. The summed E-state index contributed by atoms with van der Waals surface area (Å²) in [4.78, 5) is 12.3. The quantitative estimate of drug-likeness (QED) is 0.772. The van der Waals surface area contributed by atoms with Gasteiger partial charge in [-0.05, 0) is 43.2 Å². The van der Waals surface area contributed by atoms with Crippen molar-refractivity contribution in [2.75, 3.05) is 6.79 Å². The van der Waals surface area contributed by atoms with Gasteiger partial charge in [0.1, 0.15) is 0 Å². The van der Waals surface area contributed by atoms with Crippen LogP contribution in [0.1, 0.15) is 30.8 Å². The first-order valence-electron chi connectivity index (χ1n) is 8.18. The van der Waals surface area contributed by atoms with Gasteiger partial charge < -0.3 is 14.8 Å². The standard InChI is InChI=1S/C18H18N4O3/c1-12(18-21-20-16-4-2-3-9-22(16)18)19-17(23)8-6-13-5-7-14-15(10-13)25-11-24-14/h2-5,7,9-10,12H,6,8,11H2,1H3,(H,19,23)/t12-/m1/s1. The van der Waals surface area contributed by atoms with Crippen LogP contribution in [0.5, 0.6) is 11.5 Å². The van der Waals surface area contributed by atoms with Crippen molar-refractivity contribution in [3.8, 4) is 11.5 Å². The molecule has 128 valence electrons. The molecular weight excluding hydrogens is 320 g/mol. The summed E-state index contributed by atoms with van der Waals surface area (Å²) in [5, 5.41) is 11.3. The molecule has 0 unspecified atom stereocenters. The molecule has 7 nitrogen and oxygen atoms in total. The number of hydrogen-bond acceptors (Lipinski definition) is 5. The minimum Gasteiger partial charge on any atom is -0.454 e. The zero-order valence-electron chi connectivity index (χ0n) is 13.8. The lowest BCUT2D eigenvalue weighted by atomic mass is 10.1. The molecule has 0 spiro atoms. The number of aromatic nitrogens is 3. The van der Waals surface area contributed by atoms with E-state index in [9.17, 15) is 4.79 Å². The first-order valence-corrected chi connectivity index (χ1v) is 8.18. The molecule has 1 aliphatic rings. The fourth-order valence-corrected chi connectivity index (χ4v) is 2.89. The molecule has 4 rings (SSSR count). The fourth-order valence-electron chi connectivity index (χ4n) is 2.89.